The molecule has 3 aliphatic rings. The average molecular weight is 1350 g/mol. The number of aromatic amines is 1. The van der Waals surface area contributed by atoms with E-state index in [1.807, 2.05) is 0 Å². The number of phenols is 1. The van der Waals surface area contributed by atoms with Gasteiger partial charge in [0.1, 0.15) is 78.3 Å². The van der Waals surface area contributed by atoms with Crippen molar-refractivity contribution < 1.29 is 77.6 Å². The van der Waals surface area contributed by atoms with Gasteiger partial charge < -0.3 is 89.4 Å². The number of aliphatic hydroxyl groups is 1. The number of nitrogens with one attached hydrogen (secondary N) is 12. The van der Waals surface area contributed by atoms with E-state index in [2.05, 4.69) is 68.5 Å². The van der Waals surface area contributed by atoms with Gasteiger partial charge >= 0.3 is 5.97 Å². The van der Waals surface area contributed by atoms with Crippen LogP contribution in [-0.2, 0) is 75.2 Å². The van der Waals surface area contributed by atoms with Crippen LogP contribution in [0.15, 0.2) is 36.8 Å². The molecule has 91 heavy (non-hydrogen) atoms. The number of aromatic nitrogens is 2. The number of amides is 12. The number of carboxylic acids is 1. The fourth-order valence-electron chi connectivity index (χ4n) is 9.69. The summed E-state index contributed by atoms with van der Waals surface area (Å²) in [7, 11) is 3.51. The van der Waals surface area contributed by atoms with E-state index in [-0.39, 0.29) is 62.3 Å². The molecular formula is C56H83N15O16S4. The Hall–Kier alpha value is -7.34. The molecule has 3 saturated heterocycles. The fourth-order valence-corrected chi connectivity index (χ4v) is 14.3. The van der Waals surface area contributed by atoms with E-state index in [9.17, 15) is 77.6 Å². The van der Waals surface area contributed by atoms with Gasteiger partial charge in [0.2, 0.25) is 70.9 Å². The van der Waals surface area contributed by atoms with Gasteiger partial charge in [0, 0.05) is 54.3 Å². The number of aliphatic hydroxyl groups excluding tert-OH is 1. The van der Waals surface area contributed by atoms with E-state index in [1.54, 1.807) is 34.6 Å². The minimum atomic E-state index is -1.81. The highest BCUT2D eigenvalue weighted by atomic mass is 33.1. The topological polar surface area (TPSA) is 473 Å². The van der Waals surface area contributed by atoms with Crippen molar-refractivity contribution in [2.24, 2.45) is 11.7 Å². The van der Waals surface area contributed by atoms with Gasteiger partial charge in [-0.3, -0.25) is 57.5 Å². The van der Waals surface area contributed by atoms with Crippen LogP contribution in [0.4, 0.5) is 0 Å². The summed E-state index contributed by atoms with van der Waals surface area (Å²) in [6, 6.07) is -12.0. The first-order chi connectivity index (χ1) is 43.4. The Morgan fingerprint density at radius 1 is 0.637 bits per heavy atom. The van der Waals surface area contributed by atoms with Crippen molar-refractivity contribution in [1.29, 1.82) is 0 Å². The third-order valence-electron chi connectivity index (χ3n) is 15.2. The number of carboxylic acid groups (broad SMARTS) is 1. The van der Waals surface area contributed by atoms with Crippen LogP contribution in [0.1, 0.15) is 90.8 Å². The summed E-state index contributed by atoms with van der Waals surface area (Å²) >= 11 is 0. The van der Waals surface area contributed by atoms with Crippen LogP contribution in [0.5, 0.6) is 5.75 Å². The minimum absolute atomic E-state index is 0.0213. The minimum Gasteiger partial charge on any atom is -0.508 e. The number of aliphatic carboxylic acids is 1. The molecule has 1 aromatic carbocycles. The van der Waals surface area contributed by atoms with Crippen molar-refractivity contribution in [2.75, 3.05) is 42.7 Å². The molecule has 35 heteroatoms. The van der Waals surface area contributed by atoms with Crippen molar-refractivity contribution in [1.82, 2.24) is 73.4 Å². The number of hydrogen-bond acceptors (Lipinski definition) is 21. The Labute approximate surface area is 541 Å². The lowest BCUT2D eigenvalue weighted by molar-refractivity contribution is -0.142. The van der Waals surface area contributed by atoms with E-state index in [0.29, 0.717) is 30.5 Å². The maximum absolute atomic E-state index is 14.7. The van der Waals surface area contributed by atoms with Gasteiger partial charge in [-0.05, 0) is 55.7 Å². The molecule has 13 atom stereocenters. The second kappa shape index (κ2) is 37.2. The average Bonchev–Trinajstić information content (AvgIpc) is 1.90. The summed E-state index contributed by atoms with van der Waals surface area (Å²) in [5.74, 6) is -14.4. The van der Waals surface area contributed by atoms with Crippen LogP contribution >= 0.6 is 43.2 Å². The molecule has 5 rings (SSSR count). The number of imidazole rings is 1. The number of nitrogens with zero attached hydrogens (tertiary/aromatic N) is 2. The molecule has 3 fully saturated rings. The van der Waals surface area contributed by atoms with Crippen LogP contribution in [-0.4, -0.2) is 222 Å². The smallest absolute Gasteiger partial charge is 0.327 e. The predicted octanol–water partition coefficient (Wildman–Crippen LogP) is -3.28. The van der Waals surface area contributed by atoms with Crippen molar-refractivity contribution in [3.8, 4) is 5.75 Å². The lowest BCUT2D eigenvalue weighted by Crippen LogP contribution is -2.61. The predicted molar refractivity (Wildman–Crippen MR) is 339 cm³/mol. The van der Waals surface area contributed by atoms with E-state index < -0.39 is 180 Å². The number of aromatic hydroxyl groups is 1. The Morgan fingerprint density at radius 2 is 1.18 bits per heavy atom. The van der Waals surface area contributed by atoms with Gasteiger partial charge in [0.25, 0.3) is 0 Å². The number of hydrogen-bond donors (Lipinski definition) is 16. The van der Waals surface area contributed by atoms with E-state index in [0.717, 1.165) is 43.2 Å². The lowest BCUT2D eigenvalue weighted by atomic mass is 9.97. The van der Waals surface area contributed by atoms with Crippen LogP contribution in [0, 0.1) is 5.92 Å². The molecule has 17 N–H and O–H groups in total. The normalized spacial score (nSPS) is 27.8. The zero-order chi connectivity index (χ0) is 66.9. The summed E-state index contributed by atoms with van der Waals surface area (Å²) < 4.78 is 0. The number of H-pyrrole nitrogens is 1. The molecule has 502 valence electrons. The number of carbonyl (C=O) groups is 13. The number of phenolic OH excluding ortho intramolecular Hbond substituents is 1. The molecule has 0 unspecified atom stereocenters. The summed E-state index contributed by atoms with van der Waals surface area (Å²) in [5.41, 5.74) is 6.43. The summed E-state index contributed by atoms with van der Waals surface area (Å²) in [5, 5.41) is 59.6. The van der Waals surface area contributed by atoms with Gasteiger partial charge in [-0.15, -0.1) is 0 Å². The largest absolute Gasteiger partial charge is 0.508 e. The Kier molecular flexibility index (Phi) is 30.4. The molecule has 0 saturated carbocycles. The van der Waals surface area contributed by atoms with Crippen molar-refractivity contribution in [3.63, 3.8) is 0 Å². The van der Waals surface area contributed by atoms with E-state index in [4.69, 9.17) is 5.73 Å². The second-order valence-corrected chi connectivity index (χ2v) is 27.0. The fraction of sp³-hybridized carbons (Fsp3) is 0.607. The molecule has 0 radical (unpaired) electrons. The summed E-state index contributed by atoms with van der Waals surface area (Å²) in [4.78, 5) is 192. The van der Waals surface area contributed by atoms with Crippen molar-refractivity contribution in [2.45, 2.75) is 165 Å². The van der Waals surface area contributed by atoms with Gasteiger partial charge in [0.15, 0.2) is 0 Å². The second-order valence-electron chi connectivity index (χ2n) is 21.9. The first kappa shape index (κ1) is 74.4. The van der Waals surface area contributed by atoms with Crippen LogP contribution < -0.4 is 64.2 Å². The zero-order valence-corrected chi connectivity index (χ0v) is 54.3. The molecule has 1 aromatic heterocycles. The van der Waals surface area contributed by atoms with E-state index >= 15 is 0 Å². The Morgan fingerprint density at radius 3 is 1.77 bits per heavy atom. The van der Waals surface area contributed by atoms with Crippen LogP contribution in [0.3, 0.4) is 0 Å². The maximum atomic E-state index is 14.7. The molecular weight excluding hydrogens is 1270 g/mol. The highest BCUT2D eigenvalue weighted by Crippen LogP contribution is 2.27. The Balaban J connectivity index is 1.64. The number of fused-ring (bicyclic) bond motifs is 9. The molecule has 31 nitrogen and oxygen atoms in total. The quantitative estimate of drug-likeness (QED) is 0.0825. The van der Waals surface area contributed by atoms with Gasteiger partial charge in [0.05, 0.1) is 19.5 Å². The third-order valence-corrected chi connectivity index (χ3v) is 20.0. The molecule has 0 aliphatic carbocycles. The molecule has 0 spiro atoms. The number of carbonyl (C=O) groups excluding carboxylic acids is 12. The van der Waals surface area contributed by atoms with Crippen molar-refractivity contribution >= 4 is 120 Å². The molecule has 2 bridgehead atoms. The molecule has 3 aliphatic heterocycles. The van der Waals surface area contributed by atoms with Gasteiger partial charge in [-0.2, -0.15) is 0 Å². The third kappa shape index (κ3) is 22.5. The number of rotatable bonds is 14. The zero-order valence-electron chi connectivity index (χ0n) is 51.0. The van der Waals surface area contributed by atoms with Gasteiger partial charge in [-0.25, -0.2) is 9.78 Å². The van der Waals surface area contributed by atoms with Crippen molar-refractivity contribution in [3.05, 3.63) is 48.0 Å². The van der Waals surface area contributed by atoms with E-state index in [1.165, 1.54) is 41.7 Å². The first-order valence-corrected chi connectivity index (χ1v) is 34.8. The number of nitrogens with two attached hydrogens (primary N) is 1. The maximum Gasteiger partial charge on any atom is 0.327 e. The summed E-state index contributed by atoms with van der Waals surface area (Å²) in [6.07, 6.45) is 3.29. The Bertz CT molecular complexity index is 2880. The monoisotopic (exact) mass is 1350 g/mol. The molecule has 12 amide bonds. The van der Waals surface area contributed by atoms with Gasteiger partial charge in [-0.1, -0.05) is 103 Å². The highest BCUT2D eigenvalue weighted by Gasteiger charge is 2.42. The number of benzene rings is 1. The van der Waals surface area contributed by atoms with Crippen LogP contribution in [0.25, 0.3) is 0 Å². The first-order valence-electron chi connectivity index (χ1n) is 29.9. The summed E-state index contributed by atoms with van der Waals surface area (Å²) in [6.45, 7) is 6.68. The molecule has 2 aromatic rings. The standard InChI is InChI=1S/C56H83N15O16S4/c1-6-11-34-47(77)64-35(18-29-13-15-31(73)16-14-29)48(78)69-41(56(86)87)26-91-90-24-39-51(81)66-37(22-72)49(79)65-36(19-30-21-58-27-59-30)55(85)71-17-10-12-42(71)53(83)61-32(8-3)46(76)67-40(25-89-88-23-38(50(80)68-39)60-43(74)20-57)52(82)70-44(28(5)7-2)54(84)62-33(9-4)45(75)63-34/h13-16,21,27-28,32-42,44,72-73H,6-12,17-20,22-26,57H2,1-5H3,(H,58,59)(H,60,74)(H,61,83)(H,62,84)(H,63,75)(H,64,77)(H,65,79)(H,66,81)(H,67,76)(H,68,80)(H,69,78)(H,70,82)(H,86,87)/t28-,32+,33+,34+,35+,36+,37+,38+,39+,40+,41+,42+,44+/m1/s1. The van der Waals surface area contributed by atoms with Crippen LogP contribution in [0.2, 0.25) is 0 Å². The SMILES string of the molecule is CCC[C@@H]1NC(=O)[C@H](CC)NC(=O)[C@H]([C@H](C)CC)NC(=O)[C@@H]2CSSC[C@H](NC(=O)CN)C(=O)N[C@@H](CSSC[C@@H](C(=O)O)NC(=O)[C@H](Cc3ccc(O)cc3)NC1=O)C(=O)N[C@@H](CO)C(=O)N[C@@H](Cc1cnc[nH]1)C(=O)N1CCC[C@H]1C(=O)N[C@@H](CC)C(=O)N2. The lowest BCUT2D eigenvalue weighted by Gasteiger charge is -2.31. The highest BCUT2D eigenvalue weighted by molar-refractivity contribution is 8.77. The molecule has 4 heterocycles.